The molecule has 0 radical (unpaired) electrons. The van der Waals surface area contributed by atoms with Crippen LogP contribution in [0, 0.1) is 0 Å². The Kier molecular flexibility index (Phi) is 5.87. The highest BCUT2D eigenvalue weighted by Gasteiger charge is 2.13. The van der Waals surface area contributed by atoms with E-state index in [2.05, 4.69) is 92.6 Å². The van der Waals surface area contributed by atoms with Crippen molar-refractivity contribution in [1.82, 2.24) is 4.90 Å². The highest BCUT2D eigenvalue weighted by molar-refractivity contribution is 5.88. The highest BCUT2D eigenvalue weighted by atomic mass is 16.3. The molecule has 0 saturated carbocycles. The van der Waals surface area contributed by atoms with E-state index in [9.17, 15) is 5.11 Å². The molecule has 4 aromatic rings. The van der Waals surface area contributed by atoms with Crippen LogP contribution < -0.4 is 0 Å². The molecule has 4 aromatic carbocycles. The highest BCUT2D eigenvalue weighted by Crippen LogP contribution is 2.33. The number of hydrogen-bond acceptors (Lipinski definition) is 2. The van der Waals surface area contributed by atoms with Crippen LogP contribution in [0.2, 0.25) is 0 Å². The smallest absolute Gasteiger partial charge is 0.116 e. The summed E-state index contributed by atoms with van der Waals surface area (Å²) in [5.41, 5.74) is 6.59. The second-order valence-electron chi connectivity index (χ2n) is 8.49. The van der Waals surface area contributed by atoms with Crippen molar-refractivity contribution in [1.29, 1.82) is 0 Å². The predicted octanol–water partition coefficient (Wildman–Crippen LogP) is 6.62. The Hall–Kier alpha value is -3.10. The number of phenols is 1. The van der Waals surface area contributed by atoms with Crippen molar-refractivity contribution in [2.75, 3.05) is 14.1 Å². The first-order chi connectivity index (χ1) is 14.5. The molecule has 1 N–H and O–H groups in total. The van der Waals surface area contributed by atoms with Gasteiger partial charge in [-0.2, -0.15) is 0 Å². The van der Waals surface area contributed by atoms with Crippen LogP contribution in [0.1, 0.15) is 29.5 Å². The molecule has 0 aliphatic rings. The van der Waals surface area contributed by atoms with Gasteiger partial charge in [-0.3, -0.25) is 0 Å². The zero-order valence-corrected chi connectivity index (χ0v) is 18.0. The normalized spacial score (nSPS) is 12.4. The summed E-state index contributed by atoms with van der Waals surface area (Å²) in [6.07, 6.45) is 1.01. The van der Waals surface area contributed by atoms with Gasteiger partial charge in [0.25, 0.3) is 0 Å². The number of benzene rings is 4. The molecule has 0 fully saturated rings. The number of aromatic hydroxyl groups is 1. The summed E-state index contributed by atoms with van der Waals surface area (Å²) >= 11 is 0. The Balaban J connectivity index is 1.60. The van der Waals surface area contributed by atoms with E-state index in [1.807, 2.05) is 12.1 Å². The number of rotatable bonds is 6. The van der Waals surface area contributed by atoms with Crippen LogP contribution in [0.5, 0.6) is 5.75 Å². The minimum atomic E-state index is 0.306. The maximum atomic E-state index is 9.73. The van der Waals surface area contributed by atoms with E-state index in [1.165, 1.54) is 27.8 Å². The summed E-state index contributed by atoms with van der Waals surface area (Å²) < 4.78 is 0. The molecule has 30 heavy (non-hydrogen) atoms. The number of phenolic OH excluding ortho intramolecular Hbond substituents is 1. The van der Waals surface area contributed by atoms with E-state index in [0.717, 1.165) is 23.7 Å². The molecule has 2 heteroatoms. The summed E-state index contributed by atoms with van der Waals surface area (Å²) in [6, 6.07) is 29.7. The van der Waals surface area contributed by atoms with Crippen molar-refractivity contribution >= 4 is 10.8 Å². The standard InChI is InChI=1S/C28H29NO/c1-20(16-21-8-10-22(11-9-21)19-29(2)3)27-6-4-5-7-28(27)25-13-12-24-18-26(30)15-14-23(24)17-25/h4-15,17-18,20,30H,16,19H2,1-3H3. The van der Waals surface area contributed by atoms with Gasteiger partial charge < -0.3 is 10.0 Å². The molecule has 152 valence electrons. The van der Waals surface area contributed by atoms with Gasteiger partial charge in [0.05, 0.1) is 0 Å². The summed E-state index contributed by atoms with van der Waals surface area (Å²) in [5, 5.41) is 11.9. The average molecular weight is 396 g/mol. The maximum Gasteiger partial charge on any atom is 0.116 e. The molecule has 0 saturated heterocycles. The molecular formula is C28H29NO. The first-order valence-corrected chi connectivity index (χ1v) is 10.5. The minimum Gasteiger partial charge on any atom is -0.508 e. The maximum absolute atomic E-state index is 9.73. The summed E-state index contributed by atoms with van der Waals surface area (Å²) in [5.74, 6) is 0.720. The Labute approximate surface area is 179 Å². The largest absolute Gasteiger partial charge is 0.508 e. The van der Waals surface area contributed by atoms with E-state index in [0.29, 0.717) is 11.7 Å². The fourth-order valence-corrected chi connectivity index (χ4v) is 4.20. The van der Waals surface area contributed by atoms with Gasteiger partial charge in [0, 0.05) is 6.54 Å². The van der Waals surface area contributed by atoms with Gasteiger partial charge in [-0.15, -0.1) is 0 Å². The Morgan fingerprint density at radius 2 is 1.43 bits per heavy atom. The van der Waals surface area contributed by atoms with Crippen molar-refractivity contribution in [3.8, 4) is 16.9 Å². The fourth-order valence-electron chi connectivity index (χ4n) is 4.20. The summed E-state index contributed by atoms with van der Waals surface area (Å²) in [6.45, 7) is 3.28. The van der Waals surface area contributed by atoms with E-state index in [-0.39, 0.29) is 0 Å². The van der Waals surface area contributed by atoms with Gasteiger partial charge in [0.2, 0.25) is 0 Å². The van der Waals surface area contributed by atoms with Gasteiger partial charge in [-0.05, 0) is 83.2 Å². The average Bonchev–Trinajstić information content (AvgIpc) is 2.74. The van der Waals surface area contributed by atoms with Crippen molar-refractivity contribution in [3.05, 3.63) is 102 Å². The molecule has 4 rings (SSSR count). The van der Waals surface area contributed by atoms with Crippen LogP contribution in [0.25, 0.3) is 21.9 Å². The first kappa shape index (κ1) is 20.2. The molecule has 2 nitrogen and oxygen atoms in total. The molecule has 0 heterocycles. The summed E-state index contributed by atoms with van der Waals surface area (Å²) in [7, 11) is 4.20. The first-order valence-electron chi connectivity index (χ1n) is 10.5. The number of hydrogen-bond donors (Lipinski definition) is 1. The van der Waals surface area contributed by atoms with E-state index >= 15 is 0 Å². The van der Waals surface area contributed by atoms with E-state index < -0.39 is 0 Å². The van der Waals surface area contributed by atoms with Crippen LogP contribution in [0.15, 0.2) is 84.9 Å². The van der Waals surface area contributed by atoms with Crippen molar-refractivity contribution < 1.29 is 5.11 Å². The van der Waals surface area contributed by atoms with Crippen molar-refractivity contribution in [2.24, 2.45) is 0 Å². The molecule has 0 bridgehead atoms. The fraction of sp³-hybridized carbons (Fsp3) is 0.214. The Bertz CT molecular complexity index is 1140. The van der Waals surface area contributed by atoms with E-state index in [1.54, 1.807) is 6.07 Å². The topological polar surface area (TPSA) is 23.5 Å². The third kappa shape index (κ3) is 4.55. The van der Waals surface area contributed by atoms with Gasteiger partial charge >= 0.3 is 0 Å². The van der Waals surface area contributed by atoms with E-state index in [4.69, 9.17) is 0 Å². The molecule has 0 spiro atoms. The lowest BCUT2D eigenvalue weighted by Gasteiger charge is -2.18. The van der Waals surface area contributed by atoms with Gasteiger partial charge in [0.15, 0.2) is 0 Å². The van der Waals surface area contributed by atoms with Crippen LogP contribution in [0.4, 0.5) is 0 Å². The van der Waals surface area contributed by atoms with Crippen LogP contribution in [-0.2, 0) is 13.0 Å². The third-order valence-electron chi connectivity index (χ3n) is 5.69. The Morgan fingerprint density at radius 1 is 0.767 bits per heavy atom. The Morgan fingerprint density at radius 3 is 2.20 bits per heavy atom. The third-order valence-corrected chi connectivity index (χ3v) is 5.69. The number of nitrogens with zero attached hydrogens (tertiary/aromatic N) is 1. The second kappa shape index (κ2) is 8.73. The molecule has 0 aromatic heterocycles. The quantitative estimate of drug-likeness (QED) is 0.396. The molecule has 0 aliphatic carbocycles. The monoisotopic (exact) mass is 395 g/mol. The van der Waals surface area contributed by atoms with Gasteiger partial charge in [-0.25, -0.2) is 0 Å². The molecule has 1 unspecified atom stereocenters. The molecular weight excluding hydrogens is 366 g/mol. The van der Waals surface area contributed by atoms with Gasteiger partial charge in [0.1, 0.15) is 5.75 Å². The lowest BCUT2D eigenvalue weighted by atomic mass is 9.87. The lowest BCUT2D eigenvalue weighted by molar-refractivity contribution is 0.402. The second-order valence-corrected chi connectivity index (χ2v) is 8.49. The van der Waals surface area contributed by atoms with Crippen LogP contribution >= 0.6 is 0 Å². The molecule has 1 atom stereocenters. The zero-order chi connectivity index (χ0) is 21.1. The molecule has 0 amide bonds. The predicted molar refractivity (Wildman–Crippen MR) is 127 cm³/mol. The van der Waals surface area contributed by atoms with Crippen molar-refractivity contribution in [3.63, 3.8) is 0 Å². The van der Waals surface area contributed by atoms with Crippen LogP contribution in [0.3, 0.4) is 0 Å². The van der Waals surface area contributed by atoms with Crippen molar-refractivity contribution in [2.45, 2.75) is 25.8 Å². The lowest BCUT2D eigenvalue weighted by Crippen LogP contribution is -2.10. The van der Waals surface area contributed by atoms with Crippen LogP contribution in [-0.4, -0.2) is 24.1 Å². The SMILES string of the molecule is CC(Cc1ccc(CN(C)C)cc1)c1ccccc1-c1ccc2cc(O)ccc2c1. The molecule has 0 aliphatic heterocycles. The van der Waals surface area contributed by atoms with Gasteiger partial charge in [-0.1, -0.05) is 73.7 Å². The zero-order valence-electron chi connectivity index (χ0n) is 18.0. The minimum absolute atomic E-state index is 0.306. The summed E-state index contributed by atoms with van der Waals surface area (Å²) in [4.78, 5) is 2.19. The number of fused-ring (bicyclic) bond motifs is 1.